The van der Waals surface area contributed by atoms with E-state index in [0.717, 1.165) is 18.9 Å². The third kappa shape index (κ3) is 4.98. The number of rotatable bonds is 5. The quantitative estimate of drug-likeness (QED) is 0.860. The van der Waals surface area contributed by atoms with Crippen molar-refractivity contribution in [2.45, 2.75) is 0 Å². The second kappa shape index (κ2) is 8.38. The van der Waals surface area contributed by atoms with E-state index in [0.29, 0.717) is 34.7 Å². The first-order chi connectivity index (χ1) is 12.1. The number of amides is 1. The fourth-order valence-corrected chi connectivity index (χ4v) is 2.84. The van der Waals surface area contributed by atoms with Crippen LogP contribution in [0.3, 0.4) is 0 Å². The van der Waals surface area contributed by atoms with Gasteiger partial charge in [-0.2, -0.15) is 0 Å². The Balaban J connectivity index is 1.52. The van der Waals surface area contributed by atoms with Gasteiger partial charge < -0.3 is 19.7 Å². The number of ether oxygens (including phenoxy) is 2. The van der Waals surface area contributed by atoms with E-state index in [1.807, 2.05) is 12.1 Å². The number of hydrogen-bond acceptors (Lipinski definition) is 5. The van der Waals surface area contributed by atoms with Crippen LogP contribution in [0, 0.1) is 0 Å². The Morgan fingerprint density at radius 1 is 1.24 bits per heavy atom. The third-order valence-electron chi connectivity index (χ3n) is 3.62. The average Bonchev–Trinajstić information content (AvgIpc) is 2.62. The first kappa shape index (κ1) is 17.8. The Bertz CT molecular complexity index is 734. The third-order valence-corrected chi connectivity index (χ3v) is 4.15. The van der Waals surface area contributed by atoms with Gasteiger partial charge in [0.15, 0.2) is 6.61 Å². The van der Waals surface area contributed by atoms with E-state index in [9.17, 15) is 4.79 Å². The number of benzene rings is 1. The standard InChI is InChI=1S/C17H17Cl2N3O3/c18-12-1-3-15(14(19)9-12)25-11-17(23)21-13-2-4-16(20-10-13)22-5-7-24-8-6-22/h1-4,9-10H,5-8,11H2,(H,21,23). The van der Waals surface area contributed by atoms with Crippen molar-refractivity contribution in [3.05, 3.63) is 46.6 Å². The molecule has 2 heterocycles. The molecule has 25 heavy (non-hydrogen) atoms. The normalized spacial score (nSPS) is 14.2. The van der Waals surface area contributed by atoms with Crippen molar-refractivity contribution < 1.29 is 14.3 Å². The zero-order valence-electron chi connectivity index (χ0n) is 13.4. The molecule has 2 aromatic rings. The molecule has 1 fully saturated rings. The van der Waals surface area contributed by atoms with Gasteiger partial charge in [0.2, 0.25) is 0 Å². The Kier molecular flexibility index (Phi) is 5.96. The van der Waals surface area contributed by atoms with Crippen molar-refractivity contribution in [1.82, 2.24) is 4.98 Å². The van der Waals surface area contributed by atoms with Crippen molar-refractivity contribution in [3.8, 4) is 5.75 Å². The molecular formula is C17H17Cl2N3O3. The number of carbonyl (C=O) groups excluding carboxylic acids is 1. The van der Waals surface area contributed by atoms with Crippen LogP contribution in [0.4, 0.5) is 11.5 Å². The molecule has 0 unspecified atom stereocenters. The summed E-state index contributed by atoms with van der Waals surface area (Å²) in [5.74, 6) is 0.972. The molecule has 0 saturated carbocycles. The van der Waals surface area contributed by atoms with Crippen LogP contribution in [-0.4, -0.2) is 43.8 Å². The molecule has 0 spiro atoms. The summed E-state index contributed by atoms with van der Waals surface area (Å²) < 4.78 is 10.7. The molecule has 132 valence electrons. The molecule has 1 aromatic heterocycles. The van der Waals surface area contributed by atoms with Gasteiger partial charge in [0, 0.05) is 18.1 Å². The summed E-state index contributed by atoms with van der Waals surface area (Å²) in [5.41, 5.74) is 0.604. The molecule has 0 atom stereocenters. The summed E-state index contributed by atoms with van der Waals surface area (Å²) in [6.07, 6.45) is 1.62. The van der Waals surface area contributed by atoms with E-state index in [2.05, 4.69) is 15.2 Å². The van der Waals surface area contributed by atoms with Crippen molar-refractivity contribution in [2.24, 2.45) is 0 Å². The monoisotopic (exact) mass is 381 g/mol. The van der Waals surface area contributed by atoms with Gasteiger partial charge in [0.25, 0.3) is 5.91 Å². The van der Waals surface area contributed by atoms with Gasteiger partial charge in [-0.15, -0.1) is 0 Å². The summed E-state index contributed by atoms with van der Waals surface area (Å²) in [6.45, 7) is 2.87. The molecule has 6 nitrogen and oxygen atoms in total. The second-order valence-corrected chi connectivity index (χ2v) is 6.26. The number of nitrogens with zero attached hydrogens (tertiary/aromatic N) is 2. The van der Waals surface area contributed by atoms with E-state index in [1.54, 1.807) is 24.4 Å². The van der Waals surface area contributed by atoms with Crippen molar-refractivity contribution >= 4 is 40.6 Å². The van der Waals surface area contributed by atoms with Crippen LogP contribution in [0.2, 0.25) is 10.0 Å². The van der Waals surface area contributed by atoms with Gasteiger partial charge in [-0.05, 0) is 30.3 Å². The number of morpholine rings is 1. The number of aromatic nitrogens is 1. The maximum atomic E-state index is 12.0. The fourth-order valence-electron chi connectivity index (χ4n) is 2.37. The van der Waals surface area contributed by atoms with Crippen LogP contribution >= 0.6 is 23.2 Å². The second-order valence-electron chi connectivity index (χ2n) is 5.42. The Hall–Kier alpha value is -2.02. The molecular weight excluding hydrogens is 365 g/mol. The number of halogens is 2. The number of anilines is 2. The first-order valence-corrected chi connectivity index (χ1v) is 8.54. The predicted molar refractivity (Wildman–Crippen MR) is 97.9 cm³/mol. The highest BCUT2D eigenvalue weighted by atomic mass is 35.5. The highest BCUT2D eigenvalue weighted by molar-refractivity contribution is 6.35. The fraction of sp³-hybridized carbons (Fsp3) is 0.294. The van der Waals surface area contributed by atoms with Crippen LogP contribution in [-0.2, 0) is 9.53 Å². The lowest BCUT2D eigenvalue weighted by molar-refractivity contribution is -0.118. The topological polar surface area (TPSA) is 63.7 Å². The van der Waals surface area contributed by atoms with Crippen molar-refractivity contribution in [2.75, 3.05) is 43.1 Å². The molecule has 1 N–H and O–H groups in total. The minimum absolute atomic E-state index is 0.160. The van der Waals surface area contributed by atoms with Gasteiger partial charge in [-0.1, -0.05) is 23.2 Å². The molecule has 1 aromatic carbocycles. The summed E-state index contributed by atoms with van der Waals surface area (Å²) >= 11 is 11.8. The largest absolute Gasteiger partial charge is 0.482 e. The van der Waals surface area contributed by atoms with Gasteiger partial charge >= 0.3 is 0 Å². The van der Waals surface area contributed by atoms with Gasteiger partial charge in [-0.25, -0.2) is 4.98 Å². The zero-order chi connectivity index (χ0) is 17.6. The molecule has 1 aliphatic heterocycles. The smallest absolute Gasteiger partial charge is 0.262 e. The predicted octanol–water partition coefficient (Wildman–Crippen LogP) is 3.24. The minimum atomic E-state index is -0.299. The van der Waals surface area contributed by atoms with Crippen LogP contribution in [0.5, 0.6) is 5.75 Å². The minimum Gasteiger partial charge on any atom is -0.482 e. The van der Waals surface area contributed by atoms with E-state index in [-0.39, 0.29) is 12.5 Å². The molecule has 1 saturated heterocycles. The molecule has 3 rings (SSSR count). The zero-order valence-corrected chi connectivity index (χ0v) is 14.9. The number of pyridine rings is 1. The molecule has 0 bridgehead atoms. The maximum Gasteiger partial charge on any atom is 0.262 e. The summed E-state index contributed by atoms with van der Waals surface area (Å²) in [4.78, 5) is 18.5. The molecule has 8 heteroatoms. The van der Waals surface area contributed by atoms with E-state index < -0.39 is 0 Å². The summed E-state index contributed by atoms with van der Waals surface area (Å²) in [6, 6.07) is 8.51. The Morgan fingerprint density at radius 2 is 2.04 bits per heavy atom. The SMILES string of the molecule is O=C(COc1ccc(Cl)cc1Cl)Nc1ccc(N2CCOCC2)nc1. The van der Waals surface area contributed by atoms with E-state index in [1.165, 1.54) is 0 Å². The maximum absolute atomic E-state index is 12.0. The average molecular weight is 382 g/mol. The van der Waals surface area contributed by atoms with Crippen LogP contribution < -0.4 is 15.0 Å². The number of carbonyl (C=O) groups is 1. The van der Waals surface area contributed by atoms with Crippen molar-refractivity contribution in [3.63, 3.8) is 0 Å². The Labute approximate surface area is 155 Å². The molecule has 0 radical (unpaired) electrons. The van der Waals surface area contributed by atoms with Crippen LogP contribution in [0.15, 0.2) is 36.5 Å². The lowest BCUT2D eigenvalue weighted by Gasteiger charge is -2.27. The summed E-state index contributed by atoms with van der Waals surface area (Å²) in [7, 11) is 0. The van der Waals surface area contributed by atoms with Gasteiger partial charge in [-0.3, -0.25) is 4.79 Å². The van der Waals surface area contributed by atoms with Gasteiger partial charge in [0.1, 0.15) is 11.6 Å². The van der Waals surface area contributed by atoms with Crippen molar-refractivity contribution in [1.29, 1.82) is 0 Å². The molecule has 1 amide bonds. The Morgan fingerprint density at radius 3 is 2.72 bits per heavy atom. The lowest BCUT2D eigenvalue weighted by atomic mass is 10.3. The highest BCUT2D eigenvalue weighted by Gasteiger charge is 2.12. The highest BCUT2D eigenvalue weighted by Crippen LogP contribution is 2.27. The molecule has 1 aliphatic rings. The lowest BCUT2D eigenvalue weighted by Crippen LogP contribution is -2.36. The summed E-state index contributed by atoms with van der Waals surface area (Å²) in [5, 5.41) is 3.60. The van der Waals surface area contributed by atoms with E-state index >= 15 is 0 Å². The molecule has 0 aliphatic carbocycles. The van der Waals surface area contributed by atoms with Gasteiger partial charge in [0.05, 0.1) is 30.1 Å². The van der Waals surface area contributed by atoms with Crippen LogP contribution in [0.1, 0.15) is 0 Å². The van der Waals surface area contributed by atoms with E-state index in [4.69, 9.17) is 32.7 Å². The number of hydrogen-bond donors (Lipinski definition) is 1. The van der Waals surface area contributed by atoms with Crippen LogP contribution in [0.25, 0.3) is 0 Å². The number of nitrogens with one attached hydrogen (secondary N) is 1. The first-order valence-electron chi connectivity index (χ1n) is 7.78.